The first-order valence-corrected chi connectivity index (χ1v) is 9.31. The summed E-state index contributed by atoms with van der Waals surface area (Å²) in [6, 6.07) is 18.4. The molecule has 2 atom stereocenters. The summed E-state index contributed by atoms with van der Waals surface area (Å²) in [6.07, 6.45) is 1.77. The van der Waals surface area contributed by atoms with Gasteiger partial charge in [-0.3, -0.25) is 9.69 Å². The van der Waals surface area contributed by atoms with E-state index in [0.29, 0.717) is 18.7 Å². The molecule has 2 bridgehead atoms. The Morgan fingerprint density at radius 3 is 2.35 bits per heavy atom. The van der Waals surface area contributed by atoms with Crippen LogP contribution in [0.2, 0.25) is 0 Å². The highest BCUT2D eigenvalue weighted by Gasteiger charge is 2.39. The normalized spacial score (nSPS) is 25.7. The van der Waals surface area contributed by atoms with Gasteiger partial charge in [0.2, 0.25) is 0 Å². The largest absolute Gasteiger partial charge is 0.489 e. The number of carbonyl (C=O) groups is 1. The molecule has 2 fully saturated rings. The monoisotopic (exact) mass is 351 g/mol. The SMILES string of the molecule is CN1C2COCC1CC(C(=O)c1ccc(OCc3ccccc3)cc1)C2. The minimum absolute atomic E-state index is 0.0983. The first kappa shape index (κ1) is 17.3. The van der Waals surface area contributed by atoms with Crippen molar-refractivity contribution in [1.29, 1.82) is 0 Å². The van der Waals surface area contributed by atoms with Crippen molar-refractivity contribution in [2.75, 3.05) is 20.3 Å². The van der Waals surface area contributed by atoms with E-state index in [9.17, 15) is 4.79 Å². The van der Waals surface area contributed by atoms with Crippen molar-refractivity contribution in [3.8, 4) is 5.75 Å². The zero-order valence-electron chi connectivity index (χ0n) is 15.1. The molecule has 0 saturated carbocycles. The Bertz CT molecular complexity index is 730. The van der Waals surface area contributed by atoms with Gasteiger partial charge in [0, 0.05) is 23.6 Å². The molecule has 0 radical (unpaired) electrons. The molecule has 2 saturated heterocycles. The van der Waals surface area contributed by atoms with E-state index in [1.54, 1.807) is 0 Å². The smallest absolute Gasteiger partial charge is 0.166 e. The number of morpholine rings is 1. The maximum Gasteiger partial charge on any atom is 0.166 e. The summed E-state index contributed by atoms with van der Waals surface area (Å²) in [5.41, 5.74) is 1.92. The predicted molar refractivity (Wildman–Crippen MR) is 100 cm³/mol. The van der Waals surface area contributed by atoms with E-state index < -0.39 is 0 Å². The van der Waals surface area contributed by atoms with Crippen LogP contribution in [0.15, 0.2) is 54.6 Å². The van der Waals surface area contributed by atoms with Crippen LogP contribution in [0.5, 0.6) is 5.75 Å². The van der Waals surface area contributed by atoms with Crippen molar-refractivity contribution in [3.05, 3.63) is 65.7 Å². The third-order valence-corrected chi connectivity index (χ3v) is 5.64. The number of Topliss-reactive ketones (excluding diaryl/α,β-unsaturated/α-hetero) is 1. The van der Waals surface area contributed by atoms with Crippen LogP contribution in [0.4, 0.5) is 0 Å². The van der Waals surface area contributed by atoms with Crippen LogP contribution in [0.25, 0.3) is 0 Å². The van der Waals surface area contributed by atoms with Gasteiger partial charge >= 0.3 is 0 Å². The van der Waals surface area contributed by atoms with E-state index in [1.807, 2.05) is 54.6 Å². The lowest BCUT2D eigenvalue weighted by molar-refractivity contribution is -0.0702. The number of rotatable bonds is 5. The number of piperidine rings is 1. The van der Waals surface area contributed by atoms with E-state index in [1.165, 1.54) is 0 Å². The van der Waals surface area contributed by atoms with Gasteiger partial charge in [-0.1, -0.05) is 30.3 Å². The highest BCUT2D eigenvalue weighted by molar-refractivity contribution is 5.98. The fourth-order valence-electron chi connectivity index (χ4n) is 4.00. The van der Waals surface area contributed by atoms with E-state index in [0.717, 1.165) is 42.9 Å². The predicted octanol–water partition coefficient (Wildman–Crippen LogP) is 3.56. The maximum absolute atomic E-state index is 12.9. The van der Waals surface area contributed by atoms with Gasteiger partial charge in [-0.25, -0.2) is 0 Å². The summed E-state index contributed by atoms with van der Waals surface area (Å²) in [6.45, 7) is 2.01. The van der Waals surface area contributed by atoms with Crippen molar-refractivity contribution in [1.82, 2.24) is 4.90 Å². The number of nitrogens with zero attached hydrogens (tertiary/aromatic N) is 1. The number of carbonyl (C=O) groups excluding carboxylic acids is 1. The van der Waals surface area contributed by atoms with E-state index >= 15 is 0 Å². The van der Waals surface area contributed by atoms with Crippen LogP contribution < -0.4 is 4.74 Å². The number of hydrogen-bond donors (Lipinski definition) is 0. The number of likely N-dealkylation sites (N-methyl/N-ethyl adjacent to an activating group) is 1. The second-order valence-electron chi connectivity index (χ2n) is 7.34. The van der Waals surface area contributed by atoms with Crippen LogP contribution >= 0.6 is 0 Å². The first-order valence-electron chi connectivity index (χ1n) is 9.31. The zero-order chi connectivity index (χ0) is 17.9. The Balaban J connectivity index is 1.38. The molecule has 2 unspecified atom stereocenters. The average Bonchev–Trinajstić information content (AvgIpc) is 2.67. The molecule has 2 heterocycles. The van der Waals surface area contributed by atoms with Gasteiger partial charge < -0.3 is 9.47 Å². The Morgan fingerprint density at radius 2 is 1.69 bits per heavy atom. The van der Waals surface area contributed by atoms with Crippen LogP contribution in [-0.4, -0.2) is 43.0 Å². The fraction of sp³-hybridized carbons (Fsp3) is 0.409. The summed E-state index contributed by atoms with van der Waals surface area (Å²) in [4.78, 5) is 15.3. The lowest BCUT2D eigenvalue weighted by atomic mass is 9.81. The molecule has 2 aromatic rings. The number of fused-ring (bicyclic) bond motifs is 2. The molecule has 2 aliphatic rings. The minimum Gasteiger partial charge on any atom is -0.489 e. The lowest BCUT2D eigenvalue weighted by Crippen LogP contribution is -2.55. The maximum atomic E-state index is 12.9. The fourth-order valence-corrected chi connectivity index (χ4v) is 4.00. The summed E-state index contributed by atoms with van der Waals surface area (Å²) in [7, 11) is 2.15. The molecule has 0 amide bonds. The Hall–Kier alpha value is -2.17. The molecule has 2 aliphatic heterocycles. The molecule has 4 nitrogen and oxygen atoms in total. The molecule has 2 aromatic carbocycles. The number of hydrogen-bond acceptors (Lipinski definition) is 4. The van der Waals surface area contributed by atoms with Crippen LogP contribution in [-0.2, 0) is 11.3 Å². The molecule has 0 aromatic heterocycles. The average molecular weight is 351 g/mol. The van der Waals surface area contributed by atoms with Gasteiger partial charge in [0.1, 0.15) is 12.4 Å². The lowest BCUT2D eigenvalue weighted by Gasteiger charge is -2.46. The standard InChI is InChI=1S/C22H25NO3/c1-23-19-11-18(12-20(23)15-25-14-19)22(24)17-7-9-21(10-8-17)26-13-16-5-3-2-4-6-16/h2-10,18-20H,11-15H2,1H3. The summed E-state index contributed by atoms with van der Waals surface area (Å²) < 4.78 is 11.5. The first-order chi connectivity index (χ1) is 12.7. The Kier molecular flexibility index (Phi) is 5.05. The number of benzene rings is 2. The van der Waals surface area contributed by atoms with Crippen molar-refractivity contribution >= 4 is 5.78 Å². The van der Waals surface area contributed by atoms with Gasteiger partial charge in [-0.05, 0) is 49.7 Å². The van der Waals surface area contributed by atoms with Gasteiger partial charge in [-0.2, -0.15) is 0 Å². The third kappa shape index (κ3) is 3.67. The van der Waals surface area contributed by atoms with E-state index in [-0.39, 0.29) is 11.7 Å². The van der Waals surface area contributed by atoms with Crippen molar-refractivity contribution < 1.29 is 14.3 Å². The van der Waals surface area contributed by atoms with E-state index in [4.69, 9.17) is 9.47 Å². The van der Waals surface area contributed by atoms with Crippen LogP contribution in [0.3, 0.4) is 0 Å². The molecule has 26 heavy (non-hydrogen) atoms. The van der Waals surface area contributed by atoms with Gasteiger partial charge in [0.25, 0.3) is 0 Å². The molecule has 0 aliphatic carbocycles. The molecule has 0 N–H and O–H groups in total. The second-order valence-corrected chi connectivity index (χ2v) is 7.34. The molecule has 4 rings (SSSR count). The van der Waals surface area contributed by atoms with Gasteiger partial charge in [0.05, 0.1) is 13.2 Å². The minimum atomic E-state index is 0.0983. The molecular weight excluding hydrogens is 326 g/mol. The topological polar surface area (TPSA) is 38.8 Å². The van der Waals surface area contributed by atoms with E-state index in [2.05, 4.69) is 11.9 Å². The molecule has 136 valence electrons. The van der Waals surface area contributed by atoms with Crippen molar-refractivity contribution in [2.24, 2.45) is 5.92 Å². The summed E-state index contributed by atoms with van der Waals surface area (Å²) in [5.74, 6) is 1.14. The van der Waals surface area contributed by atoms with Gasteiger partial charge in [-0.15, -0.1) is 0 Å². The number of ether oxygens (including phenoxy) is 2. The van der Waals surface area contributed by atoms with Crippen LogP contribution in [0.1, 0.15) is 28.8 Å². The Labute approximate surface area is 154 Å². The zero-order valence-corrected chi connectivity index (χ0v) is 15.1. The quantitative estimate of drug-likeness (QED) is 0.772. The van der Waals surface area contributed by atoms with Crippen molar-refractivity contribution in [2.45, 2.75) is 31.5 Å². The van der Waals surface area contributed by atoms with Gasteiger partial charge in [0.15, 0.2) is 5.78 Å². The summed E-state index contributed by atoms with van der Waals surface area (Å²) in [5, 5.41) is 0. The van der Waals surface area contributed by atoms with Crippen molar-refractivity contribution in [3.63, 3.8) is 0 Å². The molecule has 4 heteroatoms. The summed E-state index contributed by atoms with van der Waals surface area (Å²) >= 11 is 0. The third-order valence-electron chi connectivity index (χ3n) is 5.64. The number of ketones is 1. The highest BCUT2D eigenvalue weighted by Crippen LogP contribution is 2.32. The Morgan fingerprint density at radius 1 is 1.04 bits per heavy atom. The molecular formula is C22H25NO3. The molecule has 0 spiro atoms. The highest BCUT2D eigenvalue weighted by atomic mass is 16.5. The second kappa shape index (κ2) is 7.60. The van der Waals surface area contributed by atoms with Crippen LogP contribution in [0, 0.1) is 5.92 Å².